The van der Waals surface area contributed by atoms with Gasteiger partial charge in [-0.05, 0) is 37.5 Å². The third-order valence-electron chi connectivity index (χ3n) is 3.57. The number of benzene rings is 1. The molecule has 1 fully saturated rings. The Morgan fingerprint density at radius 3 is 2.89 bits per heavy atom. The summed E-state index contributed by atoms with van der Waals surface area (Å²) in [5.74, 6) is 0.0215. The molecule has 0 bridgehead atoms. The summed E-state index contributed by atoms with van der Waals surface area (Å²) in [7, 11) is 1.65. The molecular formula is C14H19ClN2O2. The number of aliphatic hydroxyl groups is 1. The van der Waals surface area contributed by atoms with Crippen LogP contribution < -0.4 is 10.2 Å². The summed E-state index contributed by atoms with van der Waals surface area (Å²) in [4.78, 5) is 13.9. The molecule has 104 valence electrons. The molecule has 1 amide bonds. The van der Waals surface area contributed by atoms with Crippen molar-refractivity contribution in [2.75, 3.05) is 18.5 Å². The predicted octanol–water partition coefficient (Wildman–Crippen LogP) is 2.11. The van der Waals surface area contributed by atoms with Gasteiger partial charge in [-0.3, -0.25) is 4.79 Å². The number of carbonyl (C=O) groups is 1. The Bertz CT molecular complexity index is 477. The van der Waals surface area contributed by atoms with Gasteiger partial charge in [-0.15, -0.1) is 0 Å². The van der Waals surface area contributed by atoms with Gasteiger partial charge in [0.2, 0.25) is 5.91 Å². The van der Waals surface area contributed by atoms with Crippen LogP contribution in [0.15, 0.2) is 18.2 Å². The molecule has 1 aliphatic heterocycles. The second-order valence-corrected chi connectivity index (χ2v) is 5.26. The molecule has 0 radical (unpaired) electrons. The van der Waals surface area contributed by atoms with Gasteiger partial charge in [0.15, 0.2) is 0 Å². The molecular weight excluding hydrogens is 264 g/mol. The fraction of sp³-hybridized carbons (Fsp3) is 0.500. The molecule has 0 aliphatic carbocycles. The maximum Gasteiger partial charge on any atom is 0.242 e. The quantitative estimate of drug-likeness (QED) is 0.893. The highest BCUT2D eigenvalue weighted by Gasteiger charge is 2.31. The van der Waals surface area contributed by atoms with Crippen molar-refractivity contribution < 1.29 is 9.90 Å². The summed E-state index contributed by atoms with van der Waals surface area (Å²) in [5, 5.41) is 12.8. The first-order valence-corrected chi connectivity index (χ1v) is 6.88. The Balaban J connectivity index is 2.28. The fourth-order valence-electron chi connectivity index (χ4n) is 2.51. The van der Waals surface area contributed by atoms with Gasteiger partial charge in [-0.1, -0.05) is 17.7 Å². The smallest absolute Gasteiger partial charge is 0.242 e. The van der Waals surface area contributed by atoms with E-state index in [4.69, 9.17) is 11.6 Å². The lowest BCUT2D eigenvalue weighted by Crippen LogP contribution is -2.42. The van der Waals surface area contributed by atoms with Crippen LogP contribution in [-0.4, -0.2) is 30.6 Å². The van der Waals surface area contributed by atoms with E-state index in [0.29, 0.717) is 5.02 Å². The van der Waals surface area contributed by atoms with Gasteiger partial charge in [-0.25, -0.2) is 0 Å². The van der Waals surface area contributed by atoms with Crippen molar-refractivity contribution in [2.45, 2.75) is 31.9 Å². The predicted molar refractivity (Wildman–Crippen MR) is 76.5 cm³/mol. The van der Waals surface area contributed by atoms with E-state index in [9.17, 15) is 9.90 Å². The fourth-order valence-corrected chi connectivity index (χ4v) is 2.81. The Morgan fingerprint density at radius 2 is 2.32 bits per heavy atom. The number of aliphatic hydroxyl groups excluding tert-OH is 1. The van der Waals surface area contributed by atoms with Gasteiger partial charge >= 0.3 is 0 Å². The van der Waals surface area contributed by atoms with Crippen LogP contribution in [0.1, 0.15) is 31.4 Å². The van der Waals surface area contributed by atoms with Crippen LogP contribution in [0, 0.1) is 0 Å². The second kappa shape index (κ2) is 5.80. The van der Waals surface area contributed by atoms with Crippen LogP contribution in [0.2, 0.25) is 5.02 Å². The number of rotatable bonds is 3. The molecule has 2 unspecified atom stereocenters. The van der Waals surface area contributed by atoms with Gasteiger partial charge in [0.05, 0.1) is 16.8 Å². The molecule has 0 aromatic heterocycles. The number of likely N-dealkylation sites (N-methyl/N-ethyl adjacent to an activating group) is 1. The Hall–Kier alpha value is -1.26. The van der Waals surface area contributed by atoms with Crippen LogP contribution in [0.3, 0.4) is 0 Å². The molecule has 1 aliphatic rings. The molecule has 2 N–H and O–H groups in total. The highest BCUT2D eigenvalue weighted by atomic mass is 35.5. The highest BCUT2D eigenvalue weighted by Crippen LogP contribution is 2.33. The van der Waals surface area contributed by atoms with Gasteiger partial charge in [0.25, 0.3) is 0 Å². The van der Waals surface area contributed by atoms with Gasteiger partial charge in [-0.2, -0.15) is 0 Å². The summed E-state index contributed by atoms with van der Waals surface area (Å²) in [6.07, 6.45) is 1.28. The number of hydrogen-bond donors (Lipinski definition) is 2. The SMILES string of the molecule is CNC(=O)C1CCCN1c1ccc(C(C)O)cc1Cl. The molecule has 1 aromatic rings. The van der Waals surface area contributed by atoms with Gasteiger partial charge < -0.3 is 15.3 Å². The first-order chi connectivity index (χ1) is 9.04. The summed E-state index contributed by atoms with van der Waals surface area (Å²) in [6, 6.07) is 5.34. The van der Waals surface area contributed by atoms with Crippen LogP contribution in [-0.2, 0) is 4.79 Å². The average Bonchev–Trinajstić information content (AvgIpc) is 2.86. The molecule has 1 heterocycles. The second-order valence-electron chi connectivity index (χ2n) is 4.85. The van der Waals surface area contributed by atoms with Crippen molar-refractivity contribution in [1.82, 2.24) is 5.32 Å². The maximum absolute atomic E-state index is 11.8. The monoisotopic (exact) mass is 282 g/mol. The zero-order valence-corrected chi connectivity index (χ0v) is 11.9. The highest BCUT2D eigenvalue weighted by molar-refractivity contribution is 6.33. The Kier molecular flexibility index (Phi) is 4.32. The molecule has 19 heavy (non-hydrogen) atoms. The molecule has 2 atom stereocenters. The van der Waals surface area contributed by atoms with Crippen molar-refractivity contribution in [1.29, 1.82) is 0 Å². The zero-order valence-electron chi connectivity index (χ0n) is 11.2. The van der Waals surface area contributed by atoms with Crippen LogP contribution in [0.25, 0.3) is 0 Å². The molecule has 4 nitrogen and oxygen atoms in total. The minimum Gasteiger partial charge on any atom is -0.389 e. The summed E-state index contributed by atoms with van der Waals surface area (Å²) in [5.41, 5.74) is 1.64. The molecule has 5 heteroatoms. The first kappa shape index (κ1) is 14.2. The summed E-state index contributed by atoms with van der Waals surface area (Å²) >= 11 is 6.28. The van der Waals surface area contributed by atoms with Gasteiger partial charge in [0.1, 0.15) is 6.04 Å². The average molecular weight is 283 g/mol. The third kappa shape index (κ3) is 2.85. The Labute approximate surface area is 118 Å². The zero-order chi connectivity index (χ0) is 14.0. The number of nitrogens with one attached hydrogen (secondary N) is 1. The van der Waals surface area contributed by atoms with Crippen LogP contribution in [0.4, 0.5) is 5.69 Å². The van der Waals surface area contributed by atoms with Crippen molar-refractivity contribution in [3.05, 3.63) is 28.8 Å². The summed E-state index contributed by atoms with van der Waals surface area (Å²) < 4.78 is 0. The van der Waals surface area contributed by atoms with Crippen molar-refractivity contribution >= 4 is 23.2 Å². The third-order valence-corrected chi connectivity index (χ3v) is 3.87. The molecule has 0 spiro atoms. The van der Waals surface area contributed by atoms with Crippen molar-refractivity contribution in [3.8, 4) is 0 Å². The van der Waals surface area contributed by atoms with Crippen LogP contribution in [0.5, 0.6) is 0 Å². The standard InChI is InChI=1S/C14H19ClN2O2/c1-9(18)10-5-6-12(11(15)8-10)17-7-3-4-13(17)14(19)16-2/h5-6,8-9,13,18H,3-4,7H2,1-2H3,(H,16,19). The molecule has 2 rings (SSSR count). The largest absolute Gasteiger partial charge is 0.389 e. The molecule has 1 saturated heterocycles. The van der Waals surface area contributed by atoms with E-state index < -0.39 is 6.10 Å². The number of halogens is 1. The number of nitrogens with zero attached hydrogens (tertiary/aromatic N) is 1. The van der Waals surface area contributed by atoms with E-state index in [1.54, 1.807) is 20.0 Å². The normalized spacial score (nSPS) is 20.4. The molecule has 0 saturated carbocycles. The van der Waals surface area contributed by atoms with E-state index in [2.05, 4.69) is 5.32 Å². The first-order valence-electron chi connectivity index (χ1n) is 6.50. The van der Waals surface area contributed by atoms with E-state index in [1.807, 2.05) is 17.0 Å². The van der Waals surface area contributed by atoms with Crippen molar-refractivity contribution in [2.24, 2.45) is 0 Å². The summed E-state index contributed by atoms with van der Waals surface area (Å²) in [6.45, 7) is 2.53. The minimum atomic E-state index is -0.542. The lowest BCUT2D eigenvalue weighted by atomic mass is 10.1. The lowest BCUT2D eigenvalue weighted by Gasteiger charge is -2.26. The van der Waals surface area contributed by atoms with E-state index in [0.717, 1.165) is 30.6 Å². The van der Waals surface area contributed by atoms with E-state index >= 15 is 0 Å². The van der Waals surface area contributed by atoms with Crippen molar-refractivity contribution in [3.63, 3.8) is 0 Å². The minimum absolute atomic E-state index is 0.0215. The van der Waals surface area contributed by atoms with Gasteiger partial charge in [0, 0.05) is 13.6 Å². The molecule has 1 aromatic carbocycles. The van der Waals surface area contributed by atoms with E-state index in [-0.39, 0.29) is 11.9 Å². The lowest BCUT2D eigenvalue weighted by molar-refractivity contribution is -0.121. The van der Waals surface area contributed by atoms with E-state index in [1.165, 1.54) is 0 Å². The number of amides is 1. The number of anilines is 1. The maximum atomic E-state index is 11.8. The van der Waals surface area contributed by atoms with Crippen LogP contribution >= 0.6 is 11.6 Å². The Morgan fingerprint density at radius 1 is 1.58 bits per heavy atom. The number of hydrogen-bond acceptors (Lipinski definition) is 3. The topological polar surface area (TPSA) is 52.6 Å². The number of carbonyl (C=O) groups excluding carboxylic acids is 1.